The molecule has 214 valence electrons. The summed E-state index contributed by atoms with van der Waals surface area (Å²) in [6, 6.07) is 55.2. The lowest BCUT2D eigenvalue weighted by Crippen LogP contribution is -2.58. The molecule has 2 aliphatic rings. The smallest absolute Gasteiger partial charge is 0.256 e. The molecular weight excluding hydrogens is 557 g/mol. The van der Waals surface area contributed by atoms with Gasteiger partial charge in [-0.2, -0.15) is 0 Å². The highest BCUT2D eigenvalue weighted by Crippen LogP contribution is 2.41. The highest BCUT2D eigenvalue weighted by atomic mass is 16.5. The second-order valence-electron chi connectivity index (χ2n) is 12.6. The van der Waals surface area contributed by atoms with Crippen molar-refractivity contribution in [1.29, 1.82) is 0 Å². The minimum atomic E-state index is 0.0366. The SMILES string of the molecule is Cc1cc2c3c(c1)-n1c4ccc(-c5ccccc5)cc4c4cc(-c5ccccc5)cc(c41)B3c1cc(-c3ccccc3)ccc1O2. The number of hydrogen-bond acceptors (Lipinski definition) is 1. The van der Waals surface area contributed by atoms with Crippen LogP contribution in [0.1, 0.15) is 5.56 Å². The van der Waals surface area contributed by atoms with Gasteiger partial charge in [0.1, 0.15) is 11.5 Å². The maximum atomic E-state index is 6.77. The first-order chi connectivity index (χ1) is 22.7. The highest BCUT2D eigenvalue weighted by Gasteiger charge is 2.41. The molecule has 2 nitrogen and oxygen atoms in total. The number of ether oxygens (including phenoxy) is 1. The Bertz CT molecular complexity index is 2500. The average Bonchev–Trinajstić information content (AvgIpc) is 3.44. The van der Waals surface area contributed by atoms with Gasteiger partial charge in [0.05, 0.1) is 5.52 Å². The summed E-state index contributed by atoms with van der Waals surface area (Å²) in [5, 5.41) is 2.55. The lowest BCUT2D eigenvalue weighted by molar-refractivity contribution is 0.487. The molecule has 0 radical (unpaired) electrons. The maximum Gasteiger partial charge on any atom is 0.256 e. The van der Waals surface area contributed by atoms with Crippen LogP contribution in [0.2, 0.25) is 0 Å². The monoisotopic (exact) mass is 585 g/mol. The molecule has 8 aromatic rings. The van der Waals surface area contributed by atoms with E-state index in [-0.39, 0.29) is 6.71 Å². The van der Waals surface area contributed by atoms with Crippen molar-refractivity contribution in [2.75, 3.05) is 0 Å². The largest absolute Gasteiger partial charge is 0.458 e. The first-order valence-electron chi connectivity index (χ1n) is 16.0. The molecular formula is C43H28BNO. The Morgan fingerprint density at radius 3 is 1.76 bits per heavy atom. The zero-order chi connectivity index (χ0) is 30.4. The van der Waals surface area contributed by atoms with Crippen LogP contribution in [-0.2, 0) is 0 Å². The minimum absolute atomic E-state index is 0.0366. The lowest BCUT2D eigenvalue weighted by Gasteiger charge is -2.34. The minimum Gasteiger partial charge on any atom is -0.458 e. The van der Waals surface area contributed by atoms with Crippen LogP contribution in [0.25, 0.3) is 60.9 Å². The third-order valence-electron chi connectivity index (χ3n) is 9.86. The topological polar surface area (TPSA) is 14.2 Å². The first-order valence-corrected chi connectivity index (χ1v) is 16.0. The number of rotatable bonds is 3. The van der Waals surface area contributed by atoms with Crippen molar-refractivity contribution in [2.24, 2.45) is 0 Å². The van der Waals surface area contributed by atoms with Crippen LogP contribution < -0.4 is 21.1 Å². The van der Waals surface area contributed by atoms with E-state index in [1.54, 1.807) is 0 Å². The van der Waals surface area contributed by atoms with Crippen molar-refractivity contribution in [3.8, 4) is 50.6 Å². The molecule has 0 amide bonds. The number of aryl methyl sites for hydroxylation is 1. The second-order valence-corrected chi connectivity index (χ2v) is 12.6. The van der Waals surface area contributed by atoms with Gasteiger partial charge in [-0.15, -0.1) is 0 Å². The van der Waals surface area contributed by atoms with Gasteiger partial charge < -0.3 is 9.30 Å². The molecule has 0 atom stereocenters. The van der Waals surface area contributed by atoms with Crippen molar-refractivity contribution in [3.63, 3.8) is 0 Å². The third-order valence-corrected chi connectivity index (χ3v) is 9.86. The summed E-state index contributed by atoms with van der Waals surface area (Å²) in [5.74, 6) is 1.88. The summed E-state index contributed by atoms with van der Waals surface area (Å²) >= 11 is 0. The maximum absolute atomic E-state index is 6.77. The predicted molar refractivity (Wildman–Crippen MR) is 193 cm³/mol. The fraction of sp³-hybridized carbons (Fsp3) is 0.0233. The van der Waals surface area contributed by atoms with Crippen LogP contribution in [0.3, 0.4) is 0 Å². The van der Waals surface area contributed by atoms with E-state index in [9.17, 15) is 0 Å². The Labute approximate surface area is 268 Å². The fourth-order valence-corrected chi connectivity index (χ4v) is 7.84. The van der Waals surface area contributed by atoms with Crippen molar-refractivity contribution in [1.82, 2.24) is 4.57 Å². The Morgan fingerprint density at radius 2 is 1.07 bits per heavy atom. The molecule has 0 unspecified atom stereocenters. The molecule has 10 rings (SSSR count). The number of nitrogens with zero attached hydrogens (tertiary/aromatic N) is 1. The zero-order valence-electron chi connectivity index (χ0n) is 25.4. The Hall–Kier alpha value is -5.80. The van der Waals surface area contributed by atoms with E-state index in [4.69, 9.17) is 4.74 Å². The van der Waals surface area contributed by atoms with Crippen molar-refractivity contribution in [3.05, 3.63) is 157 Å². The molecule has 0 spiro atoms. The lowest BCUT2D eigenvalue weighted by atomic mass is 9.34. The van der Waals surface area contributed by atoms with Crippen molar-refractivity contribution < 1.29 is 4.74 Å². The molecule has 0 aliphatic carbocycles. The van der Waals surface area contributed by atoms with E-state index < -0.39 is 0 Å². The molecule has 0 saturated heterocycles. The normalized spacial score (nSPS) is 12.6. The van der Waals surface area contributed by atoms with E-state index in [0.717, 1.165) is 11.5 Å². The molecule has 7 aromatic carbocycles. The summed E-state index contributed by atoms with van der Waals surface area (Å²) in [5.41, 5.74) is 16.0. The van der Waals surface area contributed by atoms with Gasteiger partial charge in [0, 0.05) is 22.0 Å². The average molecular weight is 586 g/mol. The van der Waals surface area contributed by atoms with Crippen molar-refractivity contribution >= 4 is 44.9 Å². The summed E-state index contributed by atoms with van der Waals surface area (Å²) in [4.78, 5) is 0. The number of aromatic nitrogens is 1. The summed E-state index contributed by atoms with van der Waals surface area (Å²) in [7, 11) is 0. The molecule has 3 heterocycles. The zero-order valence-corrected chi connectivity index (χ0v) is 25.4. The van der Waals surface area contributed by atoms with Gasteiger partial charge >= 0.3 is 0 Å². The van der Waals surface area contributed by atoms with E-state index in [1.807, 2.05) is 0 Å². The van der Waals surface area contributed by atoms with Crippen LogP contribution >= 0.6 is 0 Å². The van der Waals surface area contributed by atoms with E-state index >= 15 is 0 Å². The Kier molecular flexibility index (Phi) is 5.33. The summed E-state index contributed by atoms with van der Waals surface area (Å²) in [6.45, 7) is 2.21. The highest BCUT2D eigenvalue weighted by molar-refractivity contribution is 6.99. The fourth-order valence-electron chi connectivity index (χ4n) is 7.84. The van der Waals surface area contributed by atoms with Gasteiger partial charge in [0.15, 0.2) is 0 Å². The second kappa shape index (κ2) is 9.60. The van der Waals surface area contributed by atoms with E-state index in [2.05, 4.69) is 163 Å². The van der Waals surface area contributed by atoms with Crippen LogP contribution in [0.5, 0.6) is 11.5 Å². The molecule has 0 N–H and O–H groups in total. The number of fused-ring (bicyclic) bond motifs is 7. The molecule has 3 heteroatoms. The molecule has 46 heavy (non-hydrogen) atoms. The van der Waals surface area contributed by atoms with Crippen LogP contribution in [0.15, 0.2) is 152 Å². The summed E-state index contributed by atoms with van der Waals surface area (Å²) in [6.07, 6.45) is 0. The standard InChI is InChI=1S/C43H28BNO/c1-27-21-39-42-41(22-27)46-40-20-18-32(29-13-7-3-8-14-29)25-36(40)44(42)37-26-33(30-15-9-4-10-16-30)24-35-34-23-31(28-11-5-2-6-12-28)17-19-38(34)45(39)43(35)37/h2-26H,1H3. The van der Waals surface area contributed by atoms with Crippen LogP contribution in [0.4, 0.5) is 0 Å². The van der Waals surface area contributed by atoms with Crippen LogP contribution in [0, 0.1) is 6.92 Å². The Balaban J connectivity index is 1.34. The number of hydrogen-bond donors (Lipinski definition) is 0. The van der Waals surface area contributed by atoms with Crippen molar-refractivity contribution in [2.45, 2.75) is 6.92 Å². The van der Waals surface area contributed by atoms with Gasteiger partial charge in [-0.3, -0.25) is 0 Å². The van der Waals surface area contributed by atoms with Gasteiger partial charge in [0.25, 0.3) is 6.71 Å². The van der Waals surface area contributed by atoms with Gasteiger partial charge in [-0.05, 0) is 98.7 Å². The quantitative estimate of drug-likeness (QED) is 0.189. The Morgan fingerprint density at radius 1 is 0.478 bits per heavy atom. The van der Waals surface area contributed by atoms with Gasteiger partial charge in [-0.25, -0.2) is 0 Å². The van der Waals surface area contributed by atoms with Gasteiger partial charge in [-0.1, -0.05) is 115 Å². The predicted octanol–water partition coefficient (Wildman–Crippen LogP) is 9.03. The third kappa shape index (κ3) is 3.66. The van der Waals surface area contributed by atoms with Gasteiger partial charge in [0.2, 0.25) is 0 Å². The molecule has 1 aromatic heterocycles. The molecule has 0 fully saturated rings. The van der Waals surface area contributed by atoms with E-state index in [0.29, 0.717) is 0 Å². The van der Waals surface area contributed by atoms with Crippen LogP contribution in [-0.4, -0.2) is 11.3 Å². The molecule has 0 bridgehead atoms. The molecule has 2 aliphatic heterocycles. The summed E-state index contributed by atoms with van der Waals surface area (Å²) < 4.78 is 9.28. The molecule has 0 saturated carbocycles. The first kappa shape index (κ1) is 25.5. The van der Waals surface area contributed by atoms with E-state index in [1.165, 1.54) is 82.8 Å². The number of benzene rings is 7.